The molecule has 0 unspecified atom stereocenters. The van der Waals surface area contributed by atoms with Crippen LogP contribution in [-0.2, 0) is 9.53 Å². The van der Waals surface area contributed by atoms with Crippen LogP contribution in [0.15, 0.2) is 0 Å². The second-order valence-electron chi connectivity index (χ2n) is 4.80. The van der Waals surface area contributed by atoms with Crippen LogP contribution in [0.5, 0.6) is 0 Å². The Kier molecular flexibility index (Phi) is 6.52. The van der Waals surface area contributed by atoms with Crippen LogP contribution < -0.4 is 0 Å². The lowest BCUT2D eigenvalue weighted by Crippen LogP contribution is -2.51. The van der Waals surface area contributed by atoms with Gasteiger partial charge in [-0.1, -0.05) is 13.3 Å². The topological polar surface area (TPSA) is 32.8 Å². The summed E-state index contributed by atoms with van der Waals surface area (Å²) in [4.78, 5) is 16.2. The van der Waals surface area contributed by atoms with Crippen molar-refractivity contribution in [1.82, 2.24) is 9.80 Å². The summed E-state index contributed by atoms with van der Waals surface area (Å²) in [5, 5.41) is 0. The van der Waals surface area contributed by atoms with Gasteiger partial charge >= 0.3 is 0 Å². The summed E-state index contributed by atoms with van der Waals surface area (Å²) in [6, 6.07) is 0.649. The molecule has 100 valence electrons. The number of piperazine rings is 1. The van der Waals surface area contributed by atoms with Crippen LogP contribution in [0.25, 0.3) is 0 Å². The largest absolute Gasteiger partial charge is 0.384 e. The Labute approximate surface area is 105 Å². The zero-order chi connectivity index (χ0) is 12.7. The van der Waals surface area contributed by atoms with E-state index in [1.807, 2.05) is 4.90 Å². The Morgan fingerprint density at radius 3 is 2.47 bits per heavy atom. The van der Waals surface area contributed by atoms with Gasteiger partial charge in [-0.05, 0) is 13.3 Å². The predicted molar refractivity (Wildman–Crippen MR) is 69.0 cm³/mol. The Morgan fingerprint density at radius 1 is 1.29 bits per heavy atom. The molecule has 0 spiro atoms. The molecule has 1 aliphatic heterocycles. The molecule has 4 heteroatoms. The quantitative estimate of drug-likeness (QED) is 0.705. The number of carbonyl (C=O) groups is 1. The van der Waals surface area contributed by atoms with Crippen LogP contribution in [0.3, 0.4) is 0 Å². The van der Waals surface area contributed by atoms with Gasteiger partial charge in [-0.2, -0.15) is 0 Å². The van der Waals surface area contributed by atoms with Gasteiger partial charge < -0.3 is 9.64 Å². The molecule has 4 nitrogen and oxygen atoms in total. The van der Waals surface area contributed by atoms with Crippen LogP contribution in [0.2, 0.25) is 0 Å². The summed E-state index contributed by atoms with van der Waals surface area (Å²) < 4.78 is 4.94. The minimum atomic E-state index is 0.231. The van der Waals surface area contributed by atoms with Crippen LogP contribution in [0.4, 0.5) is 0 Å². The van der Waals surface area contributed by atoms with Gasteiger partial charge in [0.2, 0.25) is 5.91 Å². The normalized spacial score (nSPS) is 19.4. The van der Waals surface area contributed by atoms with Gasteiger partial charge in [0.05, 0.1) is 13.0 Å². The van der Waals surface area contributed by atoms with E-state index in [4.69, 9.17) is 4.74 Å². The first-order chi connectivity index (χ1) is 8.19. The minimum absolute atomic E-state index is 0.231. The summed E-state index contributed by atoms with van der Waals surface area (Å²) in [5.41, 5.74) is 0. The third-order valence-corrected chi connectivity index (χ3v) is 3.52. The first kappa shape index (κ1) is 14.5. The van der Waals surface area contributed by atoms with Crippen molar-refractivity contribution in [3.8, 4) is 0 Å². The maximum Gasteiger partial charge on any atom is 0.224 e. The van der Waals surface area contributed by atoms with Gasteiger partial charge in [-0.15, -0.1) is 0 Å². The van der Waals surface area contributed by atoms with Crippen LogP contribution in [-0.4, -0.2) is 61.6 Å². The van der Waals surface area contributed by atoms with Crippen molar-refractivity contribution in [3.05, 3.63) is 0 Å². The molecule has 0 radical (unpaired) electrons. The molecule has 1 aliphatic rings. The molecular formula is C13H26N2O2. The van der Waals surface area contributed by atoms with Crippen molar-refractivity contribution in [2.24, 2.45) is 0 Å². The summed E-state index contributed by atoms with van der Waals surface area (Å²) in [6.07, 6.45) is 2.99. The Balaban J connectivity index is 2.27. The van der Waals surface area contributed by atoms with E-state index in [-0.39, 0.29) is 5.91 Å². The highest BCUT2D eigenvalue weighted by Crippen LogP contribution is 2.11. The van der Waals surface area contributed by atoms with Gasteiger partial charge in [0, 0.05) is 39.3 Å². The van der Waals surface area contributed by atoms with Crippen LogP contribution >= 0.6 is 0 Å². The van der Waals surface area contributed by atoms with Crippen LogP contribution in [0.1, 0.15) is 33.1 Å². The van der Waals surface area contributed by atoms with E-state index >= 15 is 0 Å². The van der Waals surface area contributed by atoms with E-state index in [9.17, 15) is 4.79 Å². The number of amides is 1. The van der Waals surface area contributed by atoms with E-state index < -0.39 is 0 Å². The first-order valence-electron chi connectivity index (χ1n) is 6.69. The summed E-state index contributed by atoms with van der Waals surface area (Å²) in [6.45, 7) is 8.81. The number of carbonyl (C=O) groups excluding carboxylic acids is 1. The van der Waals surface area contributed by atoms with Crippen molar-refractivity contribution >= 4 is 5.91 Å². The lowest BCUT2D eigenvalue weighted by Gasteiger charge is -2.38. The minimum Gasteiger partial charge on any atom is -0.384 e. The second-order valence-corrected chi connectivity index (χ2v) is 4.80. The SMILES string of the molecule is CCC[C@@H](C)N1CCN(C(=O)CCOC)CC1. The third kappa shape index (κ3) is 4.64. The smallest absolute Gasteiger partial charge is 0.224 e. The van der Waals surface area contributed by atoms with E-state index in [1.165, 1.54) is 12.8 Å². The van der Waals surface area contributed by atoms with E-state index in [0.717, 1.165) is 26.2 Å². The molecule has 1 fully saturated rings. The maximum absolute atomic E-state index is 11.8. The Morgan fingerprint density at radius 2 is 1.94 bits per heavy atom. The van der Waals surface area contributed by atoms with Crippen molar-refractivity contribution in [2.75, 3.05) is 39.9 Å². The van der Waals surface area contributed by atoms with Gasteiger partial charge in [-0.25, -0.2) is 0 Å². The van der Waals surface area contributed by atoms with E-state index in [1.54, 1.807) is 7.11 Å². The zero-order valence-electron chi connectivity index (χ0n) is 11.4. The molecule has 0 N–H and O–H groups in total. The number of ether oxygens (including phenoxy) is 1. The molecule has 17 heavy (non-hydrogen) atoms. The standard InChI is InChI=1S/C13H26N2O2/c1-4-5-12(2)14-7-9-15(10-8-14)13(16)6-11-17-3/h12H,4-11H2,1-3H3/t12-/m1/s1. The number of nitrogens with zero attached hydrogens (tertiary/aromatic N) is 2. The van der Waals surface area contributed by atoms with Crippen LogP contribution in [0, 0.1) is 0 Å². The Hall–Kier alpha value is -0.610. The fourth-order valence-corrected chi connectivity index (χ4v) is 2.36. The molecule has 1 saturated heterocycles. The molecule has 0 bridgehead atoms. The van der Waals surface area contributed by atoms with Crippen molar-refractivity contribution in [3.63, 3.8) is 0 Å². The molecule has 1 atom stereocenters. The van der Waals surface area contributed by atoms with Crippen molar-refractivity contribution < 1.29 is 9.53 Å². The molecule has 1 rings (SSSR count). The lowest BCUT2D eigenvalue weighted by atomic mass is 10.1. The molecule has 0 saturated carbocycles. The van der Waals surface area contributed by atoms with Gasteiger partial charge in [0.1, 0.15) is 0 Å². The molecule has 0 aromatic carbocycles. The monoisotopic (exact) mass is 242 g/mol. The van der Waals surface area contributed by atoms with Gasteiger partial charge in [0.15, 0.2) is 0 Å². The summed E-state index contributed by atoms with van der Waals surface area (Å²) in [7, 11) is 1.64. The van der Waals surface area contributed by atoms with Gasteiger partial charge in [-0.3, -0.25) is 9.69 Å². The molecule has 1 heterocycles. The molecule has 0 aliphatic carbocycles. The summed E-state index contributed by atoms with van der Waals surface area (Å²) >= 11 is 0. The third-order valence-electron chi connectivity index (χ3n) is 3.52. The summed E-state index contributed by atoms with van der Waals surface area (Å²) in [5.74, 6) is 0.231. The zero-order valence-corrected chi connectivity index (χ0v) is 11.4. The first-order valence-corrected chi connectivity index (χ1v) is 6.69. The highest BCUT2D eigenvalue weighted by molar-refractivity contribution is 5.76. The van der Waals surface area contributed by atoms with Crippen molar-refractivity contribution in [2.45, 2.75) is 39.2 Å². The number of hydrogen-bond acceptors (Lipinski definition) is 3. The predicted octanol–water partition coefficient (Wildman–Crippen LogP) is 1.36. The number of hydrogen-bond donors (Lipinski definition) is 0. The number of methoxy groups -OCH3 is 1. The fourth-order valence-electron chi connectivity index (χ4n) is 2.36. The maximum atomic E-state index is 11.8. The molecule has 0 aromatic rings. The van der Waals surface area contributed by atoms with E-state index in [2.05, 4.69) is 18.7 Å². The van der Waals surface area contributed by atoms with Crippen molar-refractivity contribution in [1.29, 1.82) is 0 Å². The van der Waals surface area contributed by atoms with E-state index in [0.29, 0.717) is 19.1 Å². The highest BCUT2D eigenvalue weighted by atomic mass is 16.5. The molecule has 0 aromatic heterocycles. The highest BCUT2D eigenvalue weighted by Gasteiger charge is 2.23. The fraction of sp³-hybridized carbons (Fsp3) is 0.923. The molecular weight excluding hydrogens is 216 g/mol. The Bertz CT molecular complexity index is 225. The average Bonchev–Trinajstić information content (AvgIpc) is 2.36. The van der Waals surface area contributed by atoms with Gasteiger partial charge in [0.25, 0.3) is 0 Å². The lowest BCUT2D eigenvalue weighted by molar-refractivity contribution is -0.134. The average molecular weight is 242 g/mol. The second kappa shape index (κ2) is 7.67. The number of rotatable bonds is 6. The molecule has 1 amide bonds.